The van der Waals surface area contributed by atoms with E-state index < -0.39 is 11.9 Å². The minimum Gasteiger partial charge on any atom is -0.481 e. The van der Waals surface area contributed by atoms with Gasteiger partial charge in [0.15, 0.2) is 5.69 Å². The predicted octanol–water partition coefficient (Wildman–Crippen LogP) is 6.88. The zero-order valence-corrected chi connectivity index (χ0v) is 21.9. The molecule has 0 saturated heterocycles. The van der Waals surface area contributed by atoms with E-state index in [0.717, 1.165) is 24.3 Å². The molecule has 2 heterocycles. The fourth-order valence-corrected chi connectivity index (χ4v) is 5.08. The van der Waals surface area contributed by atoms with E-state index in [1.165, 1.54) is 44.8 Å². The molecule has 1 unspecified atom stereocenters. The van der Waals surface area contributed by atoms with Crippen LogP contribution in [0.2, 0.25) is 0 Å². The van der Waals surface area contributed by atoms with Gasteiger partial charge in [-0.05, 0) is 54.5 Å². The van der Waals surface area contributed by atoms with Crippen LogP contribution in [-0.2, 0) is 4.79 Å². The Morgan fingerprint density at radius 3 is 2.66 bits per heavy atom. The van der Waals surface area contributed by atoms with Crippen LogP contribution in [0.3, 0.4) is 0 Å². The summed E-state index contributed by atoms with van der Waals surface area (Å²) in [5.74, 6) is -0.512. The highest BCUT2D eigenvalue weighted by atomic mass is 16.4. The van der Waals surface area contributed by atoms with Crippen molar-refractivity contribution in [2.45, 2.75) is 70.1 Å². The van der Waals surface area contributed by atoms with Crippen LogP contribution < -0.4 is 5.32 Å². The van der Waals surface area contributed by atoms with Gasteiger partial charge in [0, 0.05) is 24.5 Å². The number of rotatable bonds is 13. The number of carbonyl (C=O) groups is 2. The summed E-state index contributed by atoms with van der Waals surface area (Å²) in [7, 11) is 0. The number of carboxylic acid groups (broad SMARTS) is 1. The molecule has 200 valence electrons. The minimum absolute atomic E-state index is 0.237. The van der Waals surface area contributed by atoms with Crippen molar-refractivity contribution in [3.63, 3.8) is 0 Å². The van der Waals surface area contributed by atoms with E-state index in [1.807, 2.05) is 24.3 Å². The van der Waals surface area contributed by atoms with E-state index in [9.17, 15) is 14.7 Å². The molecule has 1 aromatic carbocycles. The number of allylic oxidation sites excluding steroid dienone is 1. The number of carbonyl (C=O) groups excluding carboxylic acids is 1. The van der Waals surface area contributed by atoms with E-state index in [2.05, 4.69) is 15.3 Å². The number of aromatic nitrogens is 2. The molecule has 2 N–H and O–H groups in total. The Bertz CT molecular complexity index is 1180. The van der Waals surface area contributed by atoms with Gasteiger partial charge in [-0.2, -0.15) is 0 Å². The molecule has 1 amide bonds. The quantitative estimate of drug-likeness (QED) is 0.240. The summed E-state index contributed by atoms with van der Waals surface area (Å²) in [5.41, 5.74) is 2.65. The first-order valence-electron chi connectivity index (χ1n) is 13.7. The summed E-state index contributed by atoms with van der Waals surface area (Å²) in [6.45, 7) is 0.635. The number of nitrogens with one attached hydrogen (secondary N) is 1. The first kappa shape index (κ1) is 27.3. The van der Waals surface area contributed by atoms with Gasteiger partial charge in [0.2, 0.25) is 5.89 Å². The molecule has 1 aliphatic rings. The molecule has 0 spiro atoms. The van der Waals surface area contributed by atoms with Crippen molar-refractivity contribution in [3.8, 4) is 11.5 Å². The third-order valence-corrected chi connectivity index (χ3v) is 7.26. The van der Waals surface area contributed by atoms with Gasteiger partial charge < -0.3 is 14.8 Å². The Hall–Kier alpha value is -3.74. The Morgan fingerprint density at radius 1 is 1.11 bits per heavy atom. The maximum absolute atomic E-state index is 12.5. The van der Waals surface area contributed by atoms with Crippen molar-refractivity contribution in [2.24, 2.45) is 5.92 Å². The van der Waals surface area contributed by atoms with Crippen LogP contribution >= 0.6 is 0 Å². The molecule has 7 nitrogen and oxygen atoms in total. The number of nitrogens with zero attached hydrogens (tertiary/aromatic N) is 2. The van der Waals surface area contributed by atoms with Crippen LogP contribution in [0.5, 0.6) is 0 Å². The monoisotopic (exact) mass is 515 g/mol. The number of pyridine rings is 1. The molecule has 1 atom stereocenters. The van der Waals surface area contributed by atoms with E-state index in [1.54, 1.807) is 36.7 Å². The molecule has 7 heteroatoms. The van der Waals surface area contributed by atoms with Gasteiger partial charge in [0.05, 0.1) is 5.92 Å². The third-order valence-electron chi connectivity index (χ3n) is 7.26. The van der Waals surface area contributed by atoms with Crippen molar-refractivity contribution in [3.05, 3.63) is 78.0 Å². The average Bonchev–Trinajstić information content (AvgIpc) is 3.44. The van der Waals surface area contributed by atoms with Crippen LogP contribution in [0, 0.1) is 5.92 Å². The van der Waals surface area contributed by atoms with Crippen molar-refractivity contribution < 1.29 is 19.1 Å². The number of unbranched alkanes of at least 4 members (excludes halogenated alkanes) is 1. The molecule has 2 aromatic heterocycles. The molecule has 1 aliphatic carbocycles. The maximum Gasteiger partial charge on any atom is 0.310 e. The highest BCUT2D eigenvalue weighted by Crippen LogP contribution is 2.28. The highest BCUT2D eigenvalue weighted by Gasteiger charge is 2.20. The van der Waals surface area contributed by atoms with Crippen molar-refractivity contribution in [1.82, 2.24) is 15.3 Å². The van der Waals surface area contributed by atoms with Gasteiger partial charge in [0.25, 0.3) is 5.91 Å². The second-order valence-electron chi connectivity index (χ2n) is 10.1. The zero-order chi connectivity index (χ0) is 26.6. The molecular formula is C31H37N3O4. The third kappa shape index (κ3) is 8.13. The molecular weight excluding hydrogens is 478 g/mol. The lowest BCUT2D eigenvalue weighted by atomic mass is 9.86. The average molecular weight is 516 g/mol. The van der Waals surface area contributed by atoms with E-state index in [4.69, 9.17) is 4.42 Å². The summed E-state index contributed by atoms with van der Waals surface area (Å²) < 4.78 is 5.55. The number of amides is 1. The predicted molar refractivity (Wildman–Crippen MR) is 148 cm³/mol. The number of hydrogen-bond donors (Lipinski definition) is 2. The molecule has 1 saturated carbocycles. The Balaban J connectivity index is 1.25. The summed E-state index contributed by atoms with van der Waals surface area (Å²) in [6.07, 6.45) is 20.1. The second kappa shape index (κ2) is 14.3. The molecule has 4 rings (SSSR count). The van der Waals surface area contributed by atoms with Gasteiger partial charge in [-0.15, -0.1) is 0 Å². The van der Waals surface area contributed by atoms with E-state index >= 15 is 0 Å². The van der Waals surface area contributed by atoms with Crippen LogP contribution in [-0.4, -0.2) is 33.5 Å². The molecule has 38 heavy (non-hydrogen) atoms. The largest absolute Gasteiger partial charge is 0.481 e. The summed E-state index contributed by atoms with van der Waals surface area (Å²) >= 11 is 0. The first-order valence-corrected chi connectivity index (χ1v) is 13.7. The Kier molecular flexibility index (Phi) is 10.2. The van der Waals surface area contributed by atoms with Crippen molar-refractivity contribution in [1.29, 1.82) is 0 Å². The Labute approximate surface area is 224 Å². The number of oxazole rings is 1. The van der Waals surface area contributed by atoms with Crippen LogP contribution in [0.15, 0.2) is 65.5 Å². The van der Waals surface area contributed by atoms with Crippen molar-refractivity contribution >= 4 is 18.0 Å². The summed E-state index contributed by atoms with van der Waals surface area (Å²) in [5, 5.41) is 12.7. The highest BCUT2D eigenvalue weighted by molar-refractivity contribution is 5.92. The van der Waals surface area contributed by atoms with Crippen LogP contribution in [0.25, 0.3) is 17.5 Å². The summed E-state index contributed by atoms with van der Waals surface area (Å²) in [4.78, 5) is 32.8. The van der Waals surface area contributed by atoms with Gasteiger partial charge in [-0.25, -0.2) is 4.98 Å². The Morgan fingerprint density at radius 2 is 1.92 bits per heavy atom. The van der Waals surface area contributed by atoms with Crippen LogP contribution in [0.1, 0.15) is 91.7 Å². The van der Waals surface area contributed by atoms with Crippen molar-refractivity contribution in [2.75, 3.05) is 6.54 Å². The lowest BCUT2D eigenvalue weighted by molar-refractivity contribution is -0.138. The maximum atomic E-state index is 12.5. The smallest absolute Gasteiger partial charge is 0.310 e. The van der Waals surface area contributed by atoms with Crippen LogP contribution in [0.4, 0.5) is 0 Å². The fraction of sp³-hybridized carbons (Fsp3) is 0.419. The lowest BCUT2D eigenvalue weighted by Gasteiger charge is -2.21. The SMILES string of the molecule is O=C(NCCCCC1CCCCC1)c1coc(-c2ccc(C(CCC=Cc3cccnc3)C(=O)O)cc2)n1. The zero-order valence-electron chi connectivity index (χ0n) is 21.9. The van der Waals surface area contributed by atoms with Gasteiger partial charge in [0.1, 0.15) is 6.26 Å². The number of benzene rings is 1. The minimum atomic E-state index is -0.860. The number of carboxylic acids is 1. The van der Waals surface area contributed by atoms with E-state index in [0.29, 0.717) is 36.4 Å². The second-order valence-corrected chi connectivity index (χ2v) is 10.1. The van der Waals surface area contributed by atoms with E-state index in [-0.39, 0.29) is 11.6 Å². The molecule has 0 radical (unpaired) electrons. The normalized spacial score (nSPS) is 14.9. The molecule has 3 aromatic rings. The number of hydrogen-bond acceptors (Lipinski definition) is 5. The lowest BCUT2D eigenvalue weighted by Crippen LogP contribution is -2.24. The van der Waals surface area contributed by atoms with Gasteiger partial charge >= 0.3 is 5.97 Å². The molecule has 0 aliphatic heterocycles. The molecule has 1 fully saturated rings. The number of aliphatic carboxylic acids is 1. The van der Waals surface area contributed by atoms with Gasteiger partial charge in [-0.1, -0.05) is 75.3 Å². The topological polar surface area (TPSA) is 105 Å². The van der Waals surface area contributed by atoms with Gasteiger partial charge in [-0.3, -0.25) is 14.6 Å². The molecule has 0 bridgehead atoms. The first-order chi connectivity index (χ1) is 18.6. The summed E-state index contributed by atoms with van der Waals surface area (Å²) in [6, 6.07) is 11.0. The fourth-order valence-electron chi connectivity index (χ4n) is 5.08. The standard InChI is InChI=1S/C31H37N3O4/c35-29(33-20-7-6-11-23-9-2-1-3-10-23)28-22-38-30(34-28)26-17-15-25(16-18-26)27(31(36)37)14-5-4-12-24-13-8-19-32-21-24/h4,8,12-13,15-19,21-23,27H,1-3,5-7,9-11,14,20H2,(H,33,35)(H,36,37).